The van der Waals surface area contributed by atoms with E-state index in [4.69, 9.17) is 0 Å². The second kappa shape index (κ2) is 14.6. The van der Waals surface area contributed by atoms with Crippen LogP contribution in [0.15, 0.2) is 97.6 Å². The molecule has 8 heterocycles. The van der Waals surface area contributed by atoms with Gasteiger partial charge in [0.1, 0.15) is 44.8 Å². The number of hydrogen-bond acceptors (Lipinski definition) is 14. The summed E-state index contributed by atoms with van der Waals surface area (Å²) in [6.45, 7) is 5.22. The van der Waals surface area contributed by atoms with Gasteiger partial charge >= 0.3 is 0 Å². The monoisotopic (exact) mass is 796 g/mol. The smallest absolute Gasteiger partial charge is 0.166 e. The highest BCUT2D eigenvalue weighted by atomic mass is 16.2. The molecule has 8 atom stereocenters. The number of aromatic nitrogens is 4. The Morgan fingerprint density at radius 2 is 0.712 bits per heavy atom. The molecule has 4 saturated heterocycles. The lowest BCUT2D eigenvalue weighted by Gasteiger charge is -2.64. The number of rotatable bonds is 10. The molecule has 4 aromatic rings. The van der Waals surface area contributed by atoms with Crippen LogP contribution in [0.3, 0.4) is 0 Å². The molecule has 8 rings (SSSR count). The number of fused-ring (bicyclic) bond motifs is 4. The van der Waals surface area contributed by atoms with Crippen LogP contribution in [-0.2, 0) is 28.8 Å². The summed E-state index contributed by atoms with van der Waals surface area (Å²) in [5.41, 5.74) is -5.09. The Kier molecular flexibility index (Phi) is 9.98. The topological polar surface area (TPSA) is 167 Å². The zero-order valence-corrected chi connectivity index (χ0v) is 34.1. The molecule has 0 aromatic carbocycles. The average Bonchev–Trinajstić information content (AvgIpc) is 3.21. The predicted octanol–water partition coefficient (Wildman–Crippen LogP) is 3.45. The molecule has 304 valence electrons. The molecular weight excluding hydrogens is 749 g/mol. The van der Waals surface area contributed by atoms with Crippen LogP contribution in [0, 0.1) is 21.7 Å². The molecule has 4 aromatic heterocycles. The molecule has 0 amide bonds. The van der Waals surface area contributed by atoms with Crippen molar-refractivity contribution in [3.05, 3.63) is 120 Å². The van der Waals surface area contributed by atoms with E-state index in [9.17, 15) is 19.2 Å². The lowest BCUT2D eigenvalue weighted by Crippen LogP contribution is -2.77. The Hall–Kier alpha value is -5.54. The number of pyridine rings is 4. The first-order chi connectivity index (χ1) is 28.2. The molecule has 8 unspecified atom stereocenters. The summed E-state index contributed by atoms with van der Waals surface area (Å²) in [5, 5.41) is 0. The van der Waals surface area contributed by atoms with E-state index in [2.05, 4.69) is 19.9 Å². The third-order valence-corrected chi connectivity index (χ3v) is 13.8. The van der Waals surface area contributed by atoms with Crippen molar-refractivity contribution in [2.24, 2.45) is 21.7 Å². The van der Waals surface area contributed by atoms with Crippen molar-refractivity contribution < 1.29 is 28.8 Å². The Labute approximate surface area is 343 Å². The standard InChI is InChI=1S/C45H48N8O6/c1-28(54)42-23-52(24-43(29(2)55,40(42)58)37(33-16-8-12-20-47-33)50(5)36(42)32-15-7-11-19-46-32)27-53-25-44(30(3)56)38(34-17-9-13-21-48-34)51(6)39(35-18-10-14-22-49-35)45(26-53,31(4)57)41(44)59/h7-22,36-39H,23-27H2,1-6H3. The zero-order valence-electron chi connectivity index (χ0n) is 34.1. The van der Waals surface area contributed by atoms with Gasteiger partial charge in [-0.05, 0) is 90.3 Å². The van der Waals surface area contributed by atoms with Gasteiger partial charge in [-0.2, -0.15) is 0 Å². The summed E-state index contributed by atoms with van der Waals surface area (Å²) in [7, 11) is 3.62. The van der Waals surface area contributed by atoms with E-state index in [-0.39, 0.29) is 32.8 Å². The molecule has 14 nitrogen and oxygen atoms in total. The highest BCUT2D eigenvalue weighted by Crippen LogP contribution is 2.62. The van der Waals surface area contributed by atoms with Crippen molar-refractivity contribution in [3.8, 4) is 0 Å². The maximum Gasteiger partial charge on any atom is 0.166 e. The minimum absolute atomic E-state index is 0.00978. The first-order valence-corrected chi connectivity index (χ1v) is 19.9. The van der Waals surface area contributed by atoms with Crippen molar-refractivity contribution in [2.75, 3.05) is 46.9 Å². The van der Waals surface area contributed by atoms with Gasteiger partial charge in [0.2, 0.25) is 0 Å². The lowest BCUT2D eigenvalue weighted by molar-refractivity contribution is -0.195. The van der Waals surface area contributed by atoms with E-state index in [1.54, 1.807) is 97.6 Å². The molecule has 0 saturated carbocycles. The van der Waals surface area contributed by atoms with Gasteiger partial charge in [0.25, 0.3) is 0 Å². The molecule has 4 bridgehead atoms. The van der Waals surface area contributed by atoms with E-state index in [0.717, 1.165) is 0 Å². The van der Waals surface area contributed by atoms with E-state index < -0.39 is 80.5 Å². The summed E-state index contributed by atoms with van der Waals surface area (Å²) in [6.07, 6.45) is 6.46. The van der Waals surface area contributed by atoms with Crippen LogP contribution in [0.25, 0.3) is 0 Å². The Bertz CT molecular complexity index is 2020. The maximum absolute atomic E-state index is 15.5. The maximum atomic E-state index is 15.5. The molecule has 4 aliphatic rings. The Balaban J connectivity index is 1.32. The molecule has 4 fully saturated rings. The number of piperidine rings is 4. The Morgan fingerprint density at radius 1 is 0.475 bits per heavy atom. The van der Waals surface area contributed by atoms with Crippen LogP contribution in [0.2, 0.25) is 0 Å². The van der Waals surface area contributed by atoms with Crippen molar-refractivity contribution in [2.45, 2.75) is 51.9 Å². The van der Waals surface area contributed by atoms with E-state index in [0.29, 0.717) is 22.8 Å². The van der Waals surface area contributed by atoms with Gasteiger partial charge in [0.05, 0.1) is 53.6 Å². The van der Waals surface area contributed by atoms with Gasteiger partial charge < -0.3 is 0 Å². The van der Waals surface area contributed by atoms with Crippen LogP contribution < -0.4 is 0 Å². The number of ketones is 6. The normalized spacial score (nSPS) is 32.7. The highest BCUT2D eigenvalue weighted by molar-refractivity contribution is 6.20. The average molecular weight is 797 g/mol. The van der Waals surface area contributed by atoms with Crippen LogP contribution in [0.4, 0.5) is 0 Å². The lowest BCUT2D eigenvalue weighted by atomic mass is 9.52. The van der Waals surface area contributed by atoms with Crippen LogP contribution >= 0.6 is 0 Å². The molecule has 4 aliphatic heterocycles. The summed E-state index contributed by atoms with van der Waals surface area (Å²) in [4.78, 5) is 115. The molecular formula is C45H48N8O6. The molecule has 14 heteroatoms. The molecule has 0 N–H and O–H groups in total. The first-order valence-electron chi connectivity index (χ1n) is 19.9. The second-order valence-corrected chi connectivity index (χ2v) is 16.8. The number of likely N-dealkylation sites (tertiary alicyclic amines) is 4. The number of Topliss-reactive ketones (excluding diaryl/α,β-unsaturated/α-hetero) is 6. The van der Waals surface area contributed by atoms with E-state index >= 15 is 9.59 Å². The fraction of sp³-hybridized carbons (Fsp3) is 0.422. The first kappa shape index (κ1) is 40.2. The number of hydrogen-bond donors (Lipinski definition) is 0. The van der Waals surface area contributed by atoms with Gasteiger partial charge in [0.15, 0.2) is 11.6 Å². The second-order valence-electron chi connectivity index (χ2n) is 16.8. The van der Waals surface area contributed by atoms with Gasteiger partial charge in [-0.3, -0.25) is 68.3 Å². The van der Waals surface area contributed by atoms with Gasteiger partial charge in [-0.1, -0.05) is 24.3 Å². The quantitative estimate of drug-likeness (QED) is 0.214. The summed E-state index contributed by atoms with van der Waals surface area (Å²) in [6, 6.07) is 17.8. The SMILES string of the molecule is CC(=O)C12CN(CN3CC4(C(C)=O)C(=O)C(C(C)=O)(C3)C(c3ccccn3)N(C)C4c3ccccn3)CC(C(C)=O)(C1=O)C(c1ccccn1)N(C)C2c1ccccn1. The minimum Gasteiger partial charge on any atom is -0.299 e. The Morgan fingerprint density at radius 3 is 0.898 bits per heavy atom. The molecule has 0 aliphatic carbocycles. The van der Waals surface area contributed by atoms with Crippen molar-refractivity contribution in [1.82, 2.24) is 39.5 Å². The van der Waals surface area contributed by atoms with Gasteiger partial charge in [-0.15, -0.1) is 0 Å². The van der Waals surface area contributed by atoms with Crippen molar-refractivity contribution in [1.29, 1.82) is 0 Å². The number of nitrogens with zero attached hydrogens (tertiary/aromatic N) is 8. The van der Waals surface area contributed by atoms with Crippen molar-refractivity contribution in [3.63, 3.8) is 0 Å². The fourth-order valence-electron chi connectivity index (χ4n) is 11.5. The largest absolute Gasteiger partial charge is 0.299 e. The highest BCUT2D eigenvalue weighted by Gasteiger charge is 2.74. The van der Waals surface area contributed by atoms with E-state index in [1.165, 1.54) is 27.7 Å². The zero-order chi connectivity index (χ0) is 42.1. The third kappa shape index (κ3) is 5.60. The fourth-order valence-corrected chi connectivity index (χ4v) is 11.5. The van der Waals surface area contributed by atoms with Crippen LogP contribution in [-0.4, -0.2) is 121 Å². The van der Waals surface area contributed by atoms with Crippen LogP contribution in [0.1, 0.15) is 74.6 Å². The van der Waals surface area contributed by atoms with Gasteiger partial charge in [-0.25, -0.2) is 0 Å². The number of carbonyl (C=O) groups is 6. The van der Waals surface area contributed by atoms with Crippen molar-refractivity contribution >= 4 is 34.7 Å². The summed E-state index contributed by atoms with van der Waals surface area (Å²) >= 11 is 0. The minimum atomic E-state index is -1.76. The predicted molar refractivity (Wildman–Crippen MR) is 214 cm³/mol. The molecule has 0 radical (unpaired) electrons. The molecule has 59 heavy (non-hydrogen) atoms. The van der Waals surface area contributed by atoms with Crippen LogP contribution in [0.5, 0.6) is 0 Å². The number of carbonyl (C=O) groups excluding carboxylic acids is 6. The summed E-state index contributed by atoms with van der Waals surface area (Å²) < 4.78 is 0. The van der Waals surface area contributed by atoms with Gasteiger partial charge in [0, 0.05) is 51.0 Å². The summed E-state index contributed by atoms with van der Waals surface area (Å²) in [5.74, 6) is -2.64. The van der Waals surface area contributed by atoms with E-state index in [1.807, 2.05) is 33.7 Å². The third-order valence-electron chi connectivity index (χ3n) is 13.8. The molecule has 0 spiro atoms.